The van der Waals surface area contributed by atoms with E-state index in [0.717, 1.165) is 11.1 Å². The second-order valence-corrected chi connectivity index (χ2v) is 5.54. The van der Waals surface area contributed by atoms with Gasteiger partial charge >= 0.3 is 5.97 Å². The molecule has 2 N–H and O–H groups in total. The molecule has 2 aromatic rings. The van der Waals surface area contributed by atoms with Crippen LogP contribution in [0.15, 0.2) is 60.7 Å². The van der Waals surface area contributed by atoms with E-state index in [4.69, 9.17) is 4.74 Å². The molecule has 0 radical (unpaired) electrons. The maximum absolute atomic E-state index is 12.2. The zero-order valence-electron chi connectivity index (χ0n) is 13.5. The summed E-state index contributed by atoms with van der Waals surface area (Å²) in [4.78, 5) is 12.2. The van der Waals surface area contributed by atoms with Gasteiger partial charge in [0, 0.05) is 12.6 Å². The molecule has 4 heteroatoms. The summed E-state index contributed by atoms with van der Waals surface area (Å²) in [7, 11) is 1.34. The quantitative estimate of drug-likeness (QED) is 0.772. The highest BCUT2D eigenvalue weighted by Gasteiger charge is 2.34. The van der Waals surface area contributed by atoms with E-state index in [1.807, 2.05) is 60.7 Å². The molecule has 0 unspecified atom stereocenters. The van der Waals surface area contributed by atoms with Crippen molar-refractivity contribution in [3.8, 4) is 0 Å². The van der Waals surface area contributed by atoms with Crippen LogP contribution in [0.2, 0.25) is 0 Å². The van der Waals surface area contributed by atoms with Crippen molar-refractivity contribution in [1.29, 1.82) is 0 Å². The van der Waals surface area contributed by atoms with Gasteiger partial charge in [-0.2, -0.15) is 0 Å². The van der Waals surface area contributed by atoms with Crippen molar-refractivity contribution >= 4 is 5.97 Å². The molecule has 122 valence electrons. The van der Waals surface area contributed by atoms with Crippen LogP contribution in [0.1, 0.15) is 24.1 Å². The van der Waals surface area contributed by atoms with E-state index >= 15 is 0 Å². The average Bonchev–Trinajstić information content (AvgIpc) is 2.59. The molecule has 0 aromatic heterocycles. The number of ether oxygens (including phenoxy) is 1. The molecule has 2 rings (SSSR count). The lowest BCUT2D eigenvalue weighted by molar-refractivity contribution is -0.150. The molecule has 2 aromatic carbocycles. The van der Waals surface area contributed by atoms with Gasteiger partial charge in [0.25, 0.3) is 0 Å². The van der Waals surface area contributed by atoms with Gasteiger partial charge in [-0.1, -0.05) is 60.7 Å². The SMILES string of the molecule is COC(=O)[C@H]([C@@H](C)O)[C@@H](NCc1ccccc1)c1ccccc1. The van der Waals surface area contributed by atoms with Crippen LogP contribution in [0, 0.1) is 5.92 Å². The van der Waals surface area contributed by atoms with Gasteiger partial charge in [-0.25, -0.2) is 0 Å². The minimum atomic E-state index is -0.823. The predicted octanol–water partition coefficient (Wildman–Crippen LogP) is 2.69. The maximum Gasteiger partial charge on any atom is 0.313 e. The average molecular weight is 313 g/mol. The van der Waals surface area contributed by atoms with Gasteiger partial charge < -0.3 is 15.2 Å². The van der Waals surface area contributed by atoms with Crippen LogP contribution < -0.4 is 5.32 Å². The van der Waals surface area contributed by atoms with Crippen molar-refractivity contribution in [2.24, 2.45) is 5.92 Å². The lowest BCUT2D eigenvalue weighted by Crippen LogP contribution is -2.39. The lowest BCUT2D eigenvalue weighted by Gasteiger charge is -2.28. The third-order valence-electron chi connectivity index (χ3n) is 3.88. The highest BCUT2D eigenvalue weighted by Crippen LogP contribution is 2.26. The largest absolute Gasteiger partial charge is 0.469 e. The van der Waals surface area contributed by atoms with Crippen LogP contribution in [0.5, 0.6) is 0 Å². The number of hydrogen-bond acceptors (Lipinski definition) is 4. The summed E-state index contributed by atoms with van der Waals surface area (Å²) >= 11 is 0. The Morgan fingerprint density at radius 1 is 1.09 bits per heavy atom. The molecule has 0 saturated carbocycles. The van der Waals surface area contributed by atoms with E-state index in [2.05, 4.69) is 5.32 Å². The molecule has 0 heterocycles. The van der Waals surface area contributed by atoms with Crippen LogP contribution in [0.4, 0.5) is 0 Å². The summed E-state index contributed by atoms with van der Waals surface area (Å²) in [6.07, 6.45) is -0.823. The topological polar surface area (TPSA) is 58.6 Å². The fraction of sp³-hybridized carbons (Fsp3) is 0.316. The smallest absolute Gasteiger partial charge is 0.313 e. The van der Waals surface area contributed by atoms with Gasteiger partial charge in [0.2, 0.25) is 0 Å². The Bertz CT molecular complexity index is 599. The van der Waals surface area contributed by atoms with Crippen LogP contribution in [0.3, 0.4) is 0 Å². The molecule has 0 bridgehead atoms. The van der Waals surface area contributed by atoms with Crippen molar-refractivity contribution in [1.82, 2.24) is 5.32 Å². The summed E-state index contributed by atoms with van der Waals surface area (Å²) in [5.41, 5.74) is 2.06. The first-order valence-electron chi connectivity index (χ1n) is 7.71. The Morgan fingerprint density at radius 2 is 1.65 bits per heavy atom. The first kappa shape index (κ1) is 17.2. The third kappa shape index (κ3) is 4.65. The van der Waals surface area contributed by atoms with Crippen LogP contribution >= 0.6 is 0 Å². The molecule has 0 spiro atoms. The zero-order valence-corrected chi connectivity index (χ0v) is 13.5. The summed E-state index contributed by atoms with van der Waals surface area (Å²) in [6.45, 7) is 2.21. The Labute approximate surface area is 137 Å². The van der Waals surface area contributed by atoms with Gasteiger partial charge in [0.15, 0.2) is 0 Å². The van der Waals surface area contributed by atoms with Crippen LogP contribution in [-0.4, -0.2) is 24.3 Å². The van der Waals surface area contributed by atoms with Crippen molar-refractivity contribution < 1.29 is 14.6 Å². The number of aliphatic hydroxyl groups excluding tert-OH is 1. The highest BCUT2D eigenvalue weighted by atomic mass is 16.5. The second-order valence-electron chi connectivity index (χ2n) is 5.54. The van der Waals surface area contributed by atoms with Gasteiger partial charge in [-0.3, -0.25) is 4.79 Å². The first-order valence-corrected chi connectivity index (χ1v) is 7.71. The van der Waals surface area contributed by atoms with Gasteiger partial charge in [0.05, 0.1) is 13.2 Å². The Morgan fingerprint density at radius 3 is 2.17 bits per heavy atom. The van der Waals surface area contributed by atoms with E-state index < -0.39 is 18.0 Å². The first-order chi connectivity index (χ1) is 11.1. The minimum absolute atomic E-state index is 0.330. The summed E-state index contributed by atoms with van der Waals surface area (Å²) < 4.78 is 4.89. The lowest BCUT2D eigenvalue weighted by atomic mass is 9.88. The van der Waals surface area contributed by atoms with Gasteiger partial charge in [-0.15, -0.1) is 0 Å². The summed E-state index contributed by atoms with van der Waals surface area (Å²) in [5.74, 6) is -1.10. The van der Waals surface area contributed by atoms with E-state index in [-0.39, 0.29) is 6.04 Å². The van der Waals surface area contributed by atoms with E-state index in [9.17, 15) is 9.90 Å². The molecule has 0 aliphatic rings. The Hall–Kier alpha value is -2.17. The zero-order chi connectivity index (χ0) is 16.7. The number of carbonyl (C=O) groups excluding carboxylic acids is 1. The van der Waals surface area contributed by atoms with Crippen molar-refractivity contribution in [3.05, 3.63) is 71.8 Å². The predicted molar refractivity (Wildman–Crippen MR) is 89.7 cm³/mol. The normalized spacial score (nSPS) is 14.7. The fourth-order valence-corrected chi connectivity index (χ4v) is 2.68. The Kier molecular flexibility index (Phi) is 6.32. The standard InChI is InChI=1S/C19H23NO3/c1-14(21)17(19(22)23-2)18(16-11-7-4-8-12-16)20-13-15-9-5-3-6-10-15/h3-12,14,17-18,20-21H,13H2,1-2H3/t14-,17-,18+/m1/s1. The van der Waals surface area contributed by atoms with Crippen molar-refractivity contribution in [3.63, 3.8) is 0 Å². The molecular formula is C19H23NO3. The summed E-state index contributed by atoms with van der Waals surface area (Å²) in [5, 5.41) is 13.5. The van der Waals surface area contributed by atoms with Crippen molar-refractivity contribution in [2.75, 3.05) is 7.11 Å². The Balaban J connectivity index is 2.25. The number of benzene rings is 2. The number of nitrogens with one attached hydrogen (secondary N) is 1. The minimum Gasteiger partial charge on any atom is -0.469 e. The van der Waals surface area contributed by atoms with Crippen molar-refractivity contribution in [2.45, 2.75) is 25.6 Å². The van der Waals surface area contributed by atoms with Crippen LogP contribution in [0.25, 0.3) is 0 Å². The monoisotopic (exact) mass is 313 g/mol. The molecule has 0 saturated heterocycles. The number of methoxy groups -OCH3 is 1. The maximum atomic E-state index is 12.2. The van der Waals surface area contributed by atoms with E-state index in [1.165, 1.54) is 7.11 Å². The van der Waals surface area contributed by atoms with E-state index in [1.54, 1.807) is 6.92 Å². The third-order valence-corrected chi connectivity index (χ3v) is 3.88. The number of hydrogen-bond donors (Lipinski definition) is 2. The molecule has 3 atom stereocenters. The molecule has 0 aliphatic carbocycles. The number of rotatable bonds is 7. The van der Waals surface area contributed by atoms with Gasteiger partial charge in [0.1, 0.15) is 5.92 Å². The second kappa shape index (κ2) is 8.46. The summed E-state index contributed by atoms with van der Waals surface area (Å²) in [6, 6.07) is 19.3. The number of esters is 1. The highest BCUT2D eigenvalue weighted by molar-refractivity contribution is 5.74. The molecule has 23 heavy (non-hydrogen) atoms. The number of carbonyl (C=O) groups is 1. The molecule has 4 nitrogen and oxygen atoms in total. The molecule has 0 aliphatic heterocycles. The number of aliphatic hydroxyl groups is 1. The van der Waals surface area contributed by atoms with Gasteiger partial charge in [-0.05, 0) is 18.1 Å². The van der Waals surface area contributed by atoms with E-state index in [0.29, 0.717) is 6.54 Å². The fourth-order valence-electron chi connectivity index (χ4n) is 2.68. The molecular weight excluding hydrogens is 290 g/mol. The van der Waals surface area contributed by atoms with Crippen LogP contribution in [-0.2, 0) is 16.1 Å². The molecule has 0 amide bonds. The molecule has 0 fully saturated rings.